The van der Waals surface area contributed by atoms with E-state index < -0.39 is 0 Å². The number of nitrogens with zero attached hydrogens (tertiary/aromatic N) is 2. The Bertz CT molecular complexity index is 1060. The number of furan rings is 1. The molecule has 0 saturated heterocycles. The molecule has 3 rings (SSSR count). The topological polar surface area (TPSA) is 105 Å². The molecule has 2 N–H and O–H groups in total. The molecule has 0 aliphatic carbocycles. The number of thiazole rings is 1. The quantitative estimate of drug-likeness (QED) is 0.551. The Labute approximate surface area is 181 Å². The molecular weight excluding hydrogens is 424 g/mol. The van der Waals surface area contributed by atoms with Crippen molar-refractivity contribution in [1.82, 2.24) is 9.88 Å². The van der Waals surface area contributed by atoms with Gasteiger partial charge >= 0.3 is 0 Å². The fraction of sp³-hybridized carbons (Fsp3) is 0.200. The van der Waals surface area contributed by atoms with Gasteiger partial charge in [-0.3, -0.25) is 19.7 Å². The van der Waals surface area contributed by atoms with Gasteiger partial charge in [0.05, 0.1) is 23.9 Å². The number of anilines is 2. The van der Waals surface area contributed by atoms with Crippen molar-refractivity contribution < 1.29 is 18.8 Å². The summed E-state index contributed by atoms with van der Waals surface area (Å²) >= 11 is 2.36. The summed E-state index contributed by atoms with van der Waals surface area (Å²) in [5.41, 5.74) is 1.62. The smallest absolute Gasteiger partial charge is 0.285 e. The van der Waals surface area contributed by atoms with Crippen LogP contribution in [0.4, 0.5) is 15.6 Å². The predicted octanol–water partition coefficient (Wildman–Crippen LogP) is 4.25. The minimum Gasteiger partial charge on any atom is -0.469 e. The molecule has 0 bridgehead atoms. The van der Waals surface area contributed by atoms with Crippen LogP contribution in [0, 0.1) is 6.92 Å². The van der Waals surface area contributed by atoms with Crippen molar-refractivity contribution in [3.05, 3.63) is 59.0 Å². The second-order valence-electron chi connectivity index (χ2n) is 6.50. The third kappa shape index (κ3) is 5.71. The van der Waals surface area contributed by atoms with Gasteiger partial charge in [0.2, 0.25) is 5.91 Å². The van der Waals surface area contributed by atoms with E-state index in [9.17, 15) is 14.4 Å². The van der Waals surface area contributed by atoms with Gasteiger partial charge in [-0.05, 0) is 49.0 Å². The van der Waals surface area contributed by atoms with E-state index in [0.717, 1.165) is 16.7 Å². The van der Waals surface area contributed by atoms with E-state index in [4.69, 9.17) is 4.42 Å². The van der Waals surface area contributed by atoms with Crippen LogP contribution in [0.1, 0.15) is 21.8 Å². The maximum Gasteiger partial charge on any atom is 0.285 e. The average Bonchev–Trinajstić information content (AvgIpc) is 3.31. The van der Waals surface area contributed by atoms with Crippen molar-refractivity contribution in [2.45, 2.75) is 18.2 Å². The molecule has 0 spiro atoms. The fourth-order valence-electron chi connectivity index (χ4n) is 2.40. The summed E-state index contributed by atoms with van der Waals surface area (Å²) < 4.78 is 5.12. The number of rotatable bonds is 6. The molecule has 0 aliphatic heterocycles. The minimum absolute atomic E-state index is 0.0684. The van der Waals surface area contributed by atoms with E-state index in [1.165, 1.54) is 22.5 Å². The van der Waals surface area contributed by atoms with E-state index >= 15 is 0 Å². The Morgan fingerprint density at radius 2 is 1.87 bits per heavy atom. The maximum absolute atomic E-state index is 12.3. The summed E-state index contributed by atoms with van der Waals surface area (Å²) in [6.07, 6.45) is 1.53. The van der Waals surface area contributed by atoms with Crippen LogP contribution in [-0.2, 0) is 11.2 Å². The number of thioether (sulfide) groups is 1. The number of benzene rings is 1. The summed E-state index contributed by atoms with van der Waals surface area (Å²) in [7, 11) is 3.38. The van der Waals surface area contributed by atoms with Crippen LogP contribution in [0.15, 0.2) is 51.3 Å². The summed E-state index contributed by atoms with van der Waals surface area (Å²) in [6, 6.07) is 8.62. The Balaban J connectivity index is 1.52. The largest absolute Gasteiger partial charge is 0.469 e. The van der Waals surface area contributed by atoms with Crippen LogP contribution in [0.3, 0.4) is 0 Å². The molecule has 2 aromatic heterocycles. The first-order chi connectivity index (χ1) is 14.3. The summed E-state index contributed by atoms with van der Waals surface area (Å²) in [5, 5.41) is 7.57. The summed E-state index contributed by atoms with van der Waals surface area (Å²) in [5.74, 6) is -0.00917. The number of hydrogen-bond donors (Lipinski definition) is 2. The summed E-state index contributed by atoms with van der Waals surface area (Å²) in [4.78, 5) is 42.8. The first-order valence-corrected chi connectivity index (χ1v) is 10.6. The lowest BCUT2D eigenvalue weighted by Gasteiger charge is -2.09. The van der Waals surface area contributed by atoms with Crippen molar-refractivity contribution in [1.29, 1.82) is 0 Å². The lowest BCUT2D eigenvalue weighted by molar-refractivity contribution is -0.115. The molecule has 3 aromatic rings. The molecule has 0 saturated carbocycles. The van der Waals surface area contributed by atoms with Crippen LogP contribution in [0.5, 0.6) is 0 Å². The van der Waals surface area contributed by atoms with Gasteiger partial charge in [-0.15, -0.1) is 11.3 Å². The van der Waals surface area contributed by atoms with Crippen LogP contribution in [-0.4, -0.2) is 41.0 Å². The monoisotopic (exact) mass is 444 g/mol. The van der Waals surface area contributed by atoms with Crippen molar-refractivity contribution in [3.8, 4) is 0 Å². The molecule has 0 atom stereocenters. The maximum atomic E-state index is 12.3. The number of hydrogen-bond acceptors (Lipinski definition) is 7. The third-order valence-electron chi connectivity index (χ3n) is 3.93. The van der Waals surface area contributed by atoms with Crippen molar-refractivity contribution >= 4 is 51.0 Å². The second-order valence-corrected chi connectivity index (χ2v) is 8.38. The van der Waals surface area contributed by atoms with Crippen LogP contribution in [0.2, 0.25) is 0 Å². The Hall–Kier alpha value is -3.11. The molecule has 156 valence electrons. The molecule has 8 nitrogen and oxygen atoms in total. The van der Waals surface area contributed by atoms with E-state index in [0.29, 0.717) is 27.8 Å². The van der Waals surface area contributed by atoms with Gasteiger partial charge < -0.3 is 14.6 Å². The SMILES string of the molecule is Cc1occc1C(=O)Nc1nc(CC(=O)Nc2ccc(SC(=O)N(C)C)cc2)cs1. The number of carbonyl (C=O) groups is 3. The van der Waals surface area contributed by atoms with Gasteiger partial charge in [0.1, 0.15) is 5.76 Å². The fourth-order valence-corrected chi connectivity index (χ4v) is 3.76. The molecule has 3 amide bonds. The zero-order valence-corrected chi connectivity index (χ0v) is 18.2. The van der Waals surface area contributed by atoms with Crippen molar-refractivity contribution in [3.63, 3.8) is 0 Å². The van der Waals surface area contributed by atoms with Crippen LogP contribution >= 0.6 is 23.1 Å². The first-order valence-electron chi connectivity index (χ1n) is 8.90. The van der Waals surface area contributed by atoms with Gasteiger partial charge in [0, 0.05) is 30.1 Å². The highest BCUT2D eigenvalue weighted by atomic mass is 32.2. The van der Waals surface area contributed by atoms with E-state index in [2.05, 4.69) is 15.6 Å². The average molecular weight is 445 g/mol. The molecular formula is C20H20N4O4S2. The highest BCUT2D eigenvalue weighted by Gasteiger charge is 2.14. The molecule has 30 heavy (non-hydrogen) atoms. The van der Waals surface area contributed by atoms with Crippen LogP contribution in [0.25, 0.3) is 0 Å². The Morgan fingerprint density at radius 1 is 1.13 bits per heavy atom. The zero-order chi connectivity index (χ0) is 21.7. The summed E-state index contributed by atoms with van der Waals surface area (Å²) in [6.45, 7) is 1.71. The molecule has 0 fully saturated rings. The number of carbonyl (C=O) groups excluding carboxylic acids is 3. The lowest BCUT2D eigenvalue weighted by atomic mass is 10.2. The molecule has 10 heteroatoms. The van der Waals surface area contributed by atoms with E-state index in [1.54, 1.807) is 56.7 Å². The Morgan fingerprint density at radius 3 is 2.50 bits per heavy atom. The number of aromatic nitrogens is 1. The normalized spacial score (nSPS) is 10.5. The van der Waals surface area contributed by atoms with Gasteiger partial charge in [0.15, 0.2) is 5.13 Å². The lowest BCUT2D eigenvalue weighted by Crippen LogP contribution is -2.16. The van der Waals surface area contributed by atoms with Gasteiger partial charge in [-0.25, -0.2) is 4.98 Å². The minimum atomic E-state index is -0.308. The molecule has 0 aliphatic rings. The third-order valence-corrected chi connectivity index (χ3v) is 5.78. The van der Waals surface area contributed by atoms with Gasteiger partial charge in [-0.1, -0.05) is 0 Å². The standard InChI is InChI=1S/C20H20N4O4S2/c1-12-16(8-9-28-12)18(26)23-19-22-14(11-29-19)10-17(25)21-13-4-6-15(7-5-13)30-20(27)24(2)3/h4-9,11H,10H2,1-3H3,(H,21,25)(H,22,23,26). The molecule has 1 aromatic carbocycles. The highest BCUT2D eigenvalue weighted by Crippen LogP contribution is 2.23. The van der Waals surface area contributed by atoms with Gasteiger partial charge in [-0.2, -0.15) is 0 Å². The number of aryl methyl sites for hydroxylation is 1. The van der Waals surface area contributed by atoms with Crippen molar-refractivity contribution in [2.75, 3.05) is 24.7 Å². The highest BCUT2D eigenvalue weighted by molar-refractivity contribution is 8.13. The van der Waals surface area contributed by atoms with Gasteiger partial charge in [0.25, 0.3) is 11.1 Å². The Kier molecular flexibility index (Phi) is 6.91. The second kappa shape index (κ2) is 9.59. The van der Waals surface area contributed by atoms with E-state index in [1.807, 2.05) is 0 Å². The molecule has 0 unspecified atom stereocenters. The zero-order valence-electron chi connectivity index (χ0n) is 16.6. The molecule has 2 heterocycles. The molecule has 0 radical (unpaired) electrons. The number of nitrogens with one attached hydrogen (secondary N) is 2. The number of amides is 3. The predicted molar refractivity (Wildman–Crippen MR) is 117 cm³/mol. The van der Waals surface area contributed by atoms with Crippen molar-refractivity contribution in [2.24, 2.45) is 0 Å². The van der Waals surface area contributed by atoms with Crippen LogP contribution < -0.4 is 10.6 Å². The first kappa shape index (κ1) is 21.6. The van der Waals surface area contributed by atoms with E-state index in [-0.39, 0.29) is 23.5 Å².